The molecule has 1 N–H and O–H groups in total. The Morgan fingerprint density at radius 3 is 2.24 bits per heavy atom. The standard InChI is InChI=1S/C34H43NO3/c36-29-17-20-31-33(25-29)38-26-32(27-13-7-6-8-14-27)34(31)28-15-18-30(19-16-28)37-24-12-5-3-1-2-4-9-21-35-22-10-11-23-35/h6-8,13-20,25,32,34,36H,1-5,9-12,21-24,26H2/t32-,34-/m0/s1. The van der Waals surface area contributed by atoms with Crippen LogP contribution in [0.2, 0.25) is 0 Å². The van der Waals surface area contributed by atoms with Crippen molar-refractivity contribution in [2.45, 2.75) is 69.6 Å². The smallest absolute Gasteiger partial charge is 0.126 e. The predicted octanol–water partition coefficient (Wildman–Crippen LogP) is 7.91. The number of hydrogen-bond donors (Lipinski definition) is 1. The first-order chi connectivity index (χ1) is 18.8. The lowest BCUT2D eigenvalue weighted by Crippen LogP contribution is -2.25. The van der Waals surface area contributed by atoms with Crippen LogP contribution in [0.3, 0.4) is 0 Å². The maximum Gasteiger partial charge on any atom is 0.126 e. The summed E-state index contributed by atoms with van der Waals surface area (Å²) in [6.45, 7) is 5.32. The molecule has 0 bridgehead atoms. The fourth-order valence-electron chi connectivity index (χ4n) is 6.09. The zero-order valence-electron chi connectivity index (χ0n) is 22.7. The van der Waals surface area contributed by atoms with Crippen molar-refractivity contribution in [3.05, 3.63) is 89.5 Å². The molecule has 2 aliphatic heterocycles. The largest absolute Gasteiger partial charge is 0.508 e. The van der Waals surface area contributed by atoms with Crippen molar-refractivity contribution in [2.24, 2.45) is 0 Å². The zero-order valence-corrected chi connectivity index (χ0v) is 22.7. The number of aromatic hydroxyl groups is 1. The van der Waals surface area contributed by atoms with E-state index in [0.717, 1.165) is 30.1 Å². The topological polar surface area (TPSA) is 41.9 Å². The van der Waals surface area contributed by atoms with Crippen LogP contribution in [-0.4, -0.2) is 42.9 Å². The van der Waals surface area contributed by atoms with E-state index in [-0.39, 0.29) is 17.6 Å². The second-order valence-electron chi connectivity index (χ2n) is 11.0. The molecule has 4 heteroatoms. The Morgan fingerprint density at radius 2 is 1.47 bits per heavy atom. The third kappa shape index (κ3) is 7.11. The van der Waals surface area contributed by atoms with Gasteiger partial charge in [0.15, 0.2) is 0 Å². The van der Waals surface area contributed by atoms with Gasteiger partial charge in [-0.05, 0) is 74.6 Å². The number of benzene rings is 3. The summed E-state index contributed by atoms with van der Waals surface area (Å²) in [7, 11) is 0. The van der Waals surface area contributed by atoms with E-state index >= 15 is 0 Å². The van der Waals surface area contributed by atoms with Gasteiger partial charge in [-0.25, -0.2) is 0 Å². The molecule has 2 heterocycles. The number of phenolic OH excluding ortho intramolecular Hbond substituents is 1. The van der Waals surface area contributed by atoms with E-state index in [0.29, 0.717) is 6.61 Å². The van der Waals surface area contributed by atoms with Crippen LogP contribution < -0.4 is 9.47 Å². The van der Waals surface area contributed by atoms with Crippen LogP contribution in [0.15, 0.2) is 72.8 Å². The van der Waals surface area contributed by atoms with Gasteiger partial charge in [-0.1, -0.05) is 80.6 Å². The van der Waals surface area contributed by atoms with E-state index in [1.54, 1.807) is 12.1 Å². The molecule has 4 nitrogen and oxygen atoms in total. The number of fused-ring (bicyclic) bond motifs is 1. The van der Waals surface area contributed by atoms with Crippen molar-refractivity contribution >= 4 is 0 Å². The Labute approximate surface area is 228 Å². The Balaban J connectivity index is 1.09. The molecule has 202 valence electrons. The molecule has 0 saturated carbocycles. The Morgan fingerprint density at radius 1 is 0.763 bits per heavy atom. The van der Waals surface area contributed by atoms with E-state index in [9.17, 15) is 5.11 Å². The van der Waals surface area contributed by atoms with Gasteiger partial charge in [0.25, 0.3) is 0 Å². The lowest BCUT2D eigenvalue weighted by Gasteiger charge is -2.34. The van der Waals surface area contributed by atoms with Crippen molar-refractivity contribution in [1.29, 1.82) is 0 Å². The van der Waals surface area contributed by atoms with E-state index in [1.165, 1.54) is 82.1 Å². The second-order valence-corrected chi connectivity index (χ2v) is 11.0. The van der Waals surface area contributed by atoms with Crippen LogP contribution in [0.1, 0.15) is 86.3 Å². The molecular weight excluding hydrogens is 470 g/mol. The molecule has 0 amide bonds. The maximum atomic E-state index is 9.99. The van der Waals surface area contributed by atoms with Gasteiger partial charge in [-0.15, -0.1) is 0 Å². The van der Waals surface area contributed by atoms with Crippen molar-refractivity contribution in [2.75, 3.05) is 32.8 Å². The summed E-state index contributed by atoms with van der Waals surface area (Å²) < 4.78 is 12.2. The molecule has 0 spiro atoms. The summed E-state index contributed by atoms with van der Waals surface area (Å²) in [4.78, 5) is 2.62. The molecule has 3 aromatic carbocycles. The maximum absolute atomic E-state index is 9.99. The van der Waals surface area contributed by atoms with Crippen LogP contribution in [0.4, 0.5) is 0 Å². The first-order valence-corrected chi connectivity index (χ1v) is 14.7. The Bertz CT molecular complexity index is 1110. The number of rotatable bonds is 13. The summed E-state index contributed by atoms with van der Waals surface area (Å²) in [5.74, 6) is 2.31. The summed E-state index contributed by atoms with van der Waals surface area (Å²) in [5, 5.41) is 9.99. The quantitative estimate of drug-likeness (QED) is 0.236. The SMILES string of the molecule is Oc1ccc2c(c1)OC[C@@H](c1ccccc1)[C@H]2c1ccc(OCCCCCCCCCN2CCCC2)cc1. The van der Waals surface area contributed by atoms with Gasteiger partial charge in [0.05, 0.1) is 13.2 Å². The fraction of sp³-hybridized carbons (Fsp3) is 0.471. The molecule has 2 aliphatic rings. The third-order valence-electron chi connectivity index (χ3n) is 8.21. The molecule has 0 aromatic heterocycles. The molecule has 0 unspecified atom stereocenters. The van der Waals surface area contributed by atoms with Crippen molar-refractivity contribution < 1.29 is 14.6 Å². The molecule has 3 aromatic rings. The molecular formula is C34H43NO3. The molecule has 0 aliphatic carbocycles. The van der Waals surface area contributed by atoms with E-state index in [2.05, 4.69) is 59.5 Å². The minimum absolute atomic E-state index is 0.158. The highest BCUT2D eigenvalue weighted by Crippen LogP contribution is 2.47. The second kappa shape index (κ2) is 13.7. The highest BCUT2D eigenvalue weighted by Gasteiger charge is 2.33. The summed E-state index contributed by atoms with van der Waals surface area (Å²) in [6.07, 6.45) is 11.9. The number of ether oxygens (including phenoxy) is 2. The Hall–Kier alpha value is -2.98. The normalized spacial score (nSPS) is 19.2. The molecule has 2 atom stereocenters. The van der Waals surface area contributed by atoms with Gasteiger partial charge in [-0.2, -0.15) is 0 Å². The summed E-state index contributed by atoms with van der Waals surface area (Å²) in [6, 6.07) is 24.7. The van der Waals surface area contributed by atoms with Crippen LogP contribution in [0.5, 0.6) is 17.2 Å². The van der Waals surface area contributed by atoms with Crippen LogP contribution in [0, 0.1) is 0 Å². The van der Waals surface area contributed by atoms with Gasteiger partial charge in [0.1, 0.15) is 17.2 Å². The van der Waals surface area contributed by atoms with Gasteiger partial charge < -0.3 is 19.5 Å². The highest BCUT2D eigenvalue weighted by atomic mass is 16.5. The van der Waals surface area contributed by atoms with Crippen molar-refractivity contribution in [3.63, 3.8) is 0 Å². The minimum Gasteiger partial charge on any atom is -0.508 e. The first kappa shape index (κ1) is 26.6. The number of unbranched alkanes of at least 4 members (excludes halogenated alkanes) is 6. The van der Waals surface area contributed by atoms with Crippen molar-refractivity contribution in [3.8, 4) is 17.2 Å². The average molecular weight is 514 g/mol. The van der Waals surface area contributed by atoms with Crippen molar-refractivity contribution in [1.82, 2.24) is 4.90 Å². The zero-order chi connectivity index (χ0) is 26.0. The van der Waals surface area contributed by atoms with Gasteiger partial charge in [0.2, 0.25) is 0 Å². The molecule has 1 fully saturated rings. The van der Waals surface area contributed by atoms with E-state index in [1.807, 2.05) is 6.07 Å². The molecule has 5 rings (SSSR count). The lowest BCUT2D eigenvalue weighted by molar-refractivity contribution is 0.247. The highest BCUT2D eigenvalue weighted by molar-refractivity contribution is 5.50. The average Bonchev–Trinajstić information content (AvgIpc) is 3.48. The monoisotopic (exact) mass is 513 g/mol. The summed E-state index contributed by atoms with van der Waals surface area (Å²) in [5.41, 5.74) is 3.63. The molecule has 38 heavy (non-hydrogen) atoms. The number of hydrogen-bond acceptors (Lipinski definition) is 4. The third-order valence-corrected chi connectivity index (χ3v) is 8.21. The first-order valence-electron chi connectivity index (χ1n) is 14.7. The van der Waals surface area contributed by atoms with Gasteiger partial charge >= 0.3 is 0 Å². The minimum atomic E-state index is 0.158. The number of nitrogens with zero attached hydrogens (tertiary/aromatic N) is 1. The molecule has 1 saturated heterocycles. The van der Waals surface area contributed by atoms with Gasteiger partial charge in [0, 0.05) is 23.5 Å². The van der Waals surface area contributed by atoms with Gasteiger partial charge in [-0.3, -0.25) is 0 Å². The van der Waals surface area contributed by atoms with Crippen LogP contribution >= 0.6 is 0 Å². The van der Waals surface area contributed by atoms with E-state index in [4.69, 9.17) is 9.47 Å². The van der Waals surface area contributed by atoms with Crippen LogP contribution in [-0.2, 0) is 0 Å². The van der Waals surface area contributed by atoms with E-state index < -0.39 is 0 Å². The Kier molecular flexibility index (Phi) is 9.60. The lowest BCUT2D eigenvalue weighted by atomic mass is 9.76. The predicted molar refractivity (Wildman–Crippen MR) is 155 cm³/mol. The fourth-order valence-corrected chi connectivity index (χ4v) is 6.09. The number of phenols is 1. The van der Waals surface area contributed by atoms with Crippen LogP contribution in [0.25, 0.3) is 0 Å². The molecule has 0 radical (unpaired) electrons. The summed E-state index contributed by atoms with van der Waals surface area (Å²) >= 11 is 0. The number of likely N-dealkylation sites (tertiary alicyclic amines) is 1.